The Labute approximate surface area is 116 Å². The number of aliphatic hydroxyl groups is 1. The molecule has 0 aromatic heterocycles. The van der Waals surface area contributed by atoms with Crippen LogP contribution in [0.2, 0.25) is 0 Å². The minimum atomic E-state index is 0.337. The molecule has 0 aliphatic carbocycles. The van der Waals surface area contributed by atoms with E-state index in [-0.39, 0.29) is 0 Å². The van der Waals surface area contributed by atoms with Crippen LogP contribution >= 0.6 is 11.8 Å². The summed E-state index contributed by atoms with van der Waals surface area (Å²) in [5.74, 6) is 1.56. The van der Waals surface area contributed by atoms with Gasteiger partial charge in [0.1, 0.15) is 0 Å². The third-order valence-corrected chi connectivity index (χ3v) is 4.14. The molecule has 1 saturated heterocycles. The number of aliphatic hydroxyl groups excluding tert-OH is 1. The summed E-state index contributed by atoms with van der Waals surface area (Å²) in [6.45, 7) is 5.54. The van der Waals surface area contributed by atoms with Crippen LogP contribution in [0.25, 0.3) is 0 Å². The highest BCUT2D eigenvalue weighted by molar-refractivity contribution is 8.00. The highest BCUT2D eigenvalue weighted by Crippen LogP contribution is 2.16. The van der Waals surface area contributed by atoms with Gasteiger partial charge in [-0.1, -0.05) is 12.8 Å². The lowest BCUT2D eigenvalue weighted by molar-refractivity contribution is 0.0370. The number of thioether (sulfide) groups is 1. The van der Waals surface area contributed by atoms with Crippen LogP contribution in [0, 0.1) is 12.2 Å². The molecule has 1 N–H and O–H groups in total. The third-order valence-electron chi connectivity index (χ3n) is 3.62. The van der Waals surface area contributed by atoms with Crippen molar-refractivity contribution in [3.63, 3.8) is 0 Å². The molecule has 0 amide bonds. The second-order valence-electron chi connectivity index (χ2n) is 5.05. The van der Waals surface area contributed by atoms with Gasteiger partial charge in [-0.05, 0) is 37.5 Å². The molecule has 1 aliphatic heterocycles. The lowest BCUT2D eigenvalue weighted by atomic mass is 9.99. The summed E-state index contributed by atoms with van der Waals surface area (Å²) in [4.78, 5) is 2.49. The number of morpholine rings is 1. The highest BCUT2D eigenvalue weighted by atomic mass is 32.2. The summed E-state index contributed by atoms with van der Waals surface area (Å²) in [6, 6.07) is 0. The minimum absolute atomic E-state index is 0.337. The smallest absolute Gasteiger partial charge is 0.0594 e. The first-order valence-electron chi connectivity index (χ1n) is 7.14. The van der Waals surface area contributed by atoms with Gasteiger partial charge in [0, 0.05) is 26.0 Å². The largest absolute Gasteiger partial charge is 0.396 e. The predicted octanol–water partition coefficient (Wildman–Crippen LogP) is 2.40. The van der Waals surface area contributed by atoms with Crippen LogP contribution in [0.3, 0.4) is 0 Å². The van der Waals surface area contributed by atoms with Gasteiger partial charge < -0.3 is 9.84 Å². The maximum atomic E-state index is 9.26. The van der Waals surface area contributed by atoms with Gasteiger partial charge >= 0.3 is 0 Å². The van der Waals surface area contributed by atoms with Crippen LogP contribution in [-0.2, 0) is 4.74 Å². The summed E-state index contributed by atoms with van der Waals surface area (Å²) < 4.78 is 5.33. The second-order valence-corrected chi connectivity index (χ2v) is 5.87. The van der Waals surface area contributed by atoms with E-state index in [4.69, 9.17) is 4.74 Å². The Morgan fingerprint density at radius 1 is 1.17 bits per heavy atom. The number of unbranched alkanes of at least 4 members (excludes halogenated alkanes) is 2. The van der Waals surface area contributed by atoms with E-state index in [0.717, 1.165) is 38.5 Å². The number of nitrogens with zero attached hydrogens (tertiary/aromatic N) is 1. The summed E-state index contributed by atoms with van der Waals surface area (Å²) >= 11 is 1.63. The average molecular weight is 274 g/mol. The number of hydrogen-bond donors (Lipinski definition) is 1. The van der Waals surface area contributed by atoms with Crippen LogP contribution < -0.4 is 0 Å². The molecule has 3 nitrogen and oxygen atoms in total. The molecule has 1 atom stereocenters. The van der Waals surface area contributed by atoms with E-state index in [9.17, 15) is 5.11 Å². The van der Waals surface area contributed by atoms with Crippen molar-refractivity contribution in [3.8, 4) is 0 Å². The third kappa shape index (κ3) is 7.62. The highest BCUT2D eigenvalue weighted by Gasteiger charge is 2.10. The molecular weight excluding hydrogens is 246 g/mol. The summed E-state index contributed by atoms with van der Waals surface area (Å²) in [7, 11) is 0. The standard InChI is InChI=1S/C14H28NO2S/c1-18-12-6-14(13-16)5-3-2-4-7-15-8-10-17-11-9-15/h14,16H,1-13H2/t14-/m0/s1. The lowest BCUT2D eigenvalue weighted by Crippen LogP contribution is -2.36. The molecule has 0 saturated carbocycles. The Morgan fingerprint density at radius 2 is 1.94 bits per heavy atom. The number of hydrogen-bond acceptors (Lipinski definition) is 4. The first kappa shape index (κ1) is 16.3. The molecule has 18 heavy (non-hydrogen) atoms. The Balaban J connectivity index is 1.93. The van der Waals surface area contributed by atoms with E-state index in [1.165, 1.54) is 32.2 Å². The van der Waals surface area contributed by atoms with Crippen LogP contribution in [0.5, 0.6) is 0 Å². The SMILES string of the molecule is [CH2]SCC[C@@H](CO)CCCCCN1CCOCC1. The molecule has 0 bridgehead atoms. The van der Waals surface area contributed by atoms with E-state index in [2.05, 4.69) is 11.2 Å². The summed E-state index contributed by atoms with van der Waals surface area (Å²) in [6.07, 6.45) is 9.86. The zero-order chi connectivity index (χ0) is 13.1. The van der Waals surface area contributed by atoms with Gasteiger partial charge in [-0.3, -0.25) is 4.90 Å². The Morgan fingerprint density at radius 3 is 2.61 bits per heavy atom. The number of ether oxygens (including phenoxy) is 1. The van der Waals surface area contributed by atoms with Crippen LogP contribution in [0.1, 0.15) is 32.1 Å². The molecule has 107 valence electrons. The van der Waals surface area contributed by atoms with E-state index in [1.807, 2.05) is 0 Å². The van der Waals surface area contributed by atoms with Gasteiger partial charge in [0.25, 0.3) is 0 Å². The molecular formula is C14H28NO2S. The van der Waals surface area contributed by atoms with Crippen LogP contribution in [-0.4, -0.2) is 55.2 Å². The Hall–Kier alpha value is 0.230. The normalized spacial score (nSPS) is 19.0. The van der Waals surface area contributed by atoms with Crippen LogP contribution in [0.15, 0.2) is 0 Å². The maximum absolute atomic E-state index is 9.26. The fourth-order valence-corrected chi connectivity index (χ4v) is 2.85. The van der Waals surface area contributed by atoms with Crippen molar-refractivity contribution in [2.45, 2.75) is 32.1 Å². The molecule has 0 aromatic carbocycles. The van der Waals surface area contributed by atoms with Gasteiger partial charge in [0.15, 0.2) is 0 Å². The quantitative estimate of drug-likeness (QED) is 0.620. The first-order valence-corrected chi connectivity index (χ1v) is 8.30. The van der Waals surface area contributed by atoms with Crippen molar-refractivity contribution in [1.82, 2.24) is 4.90 Å². The molecule has 1 rings (SSSR count). The van der Waals surface area contributed by atoms with E-state index in [1.54, 1.807) is 11.8 Å². The molecule has 4 heteroatoms. The second kappa shape index (κ2) is 11.1. The summed E-state index contributed by atoms with van der Waals surface area (Å²) in [5, 5.41) is 9.26. The minimum Gasteiger partial charge on any atom is -0.396 e. The fraction of sp³-hybridized carbons (Fsp3) is 0.929. The molecule has 1 fully saturated rings. The molecule has 1 heterocycles. The van der Waals surface area contributed by atoms with Gasteiger partial charge in [0.05, 0.1) is 13.2 Å². The topological polar surface area (TPSA) is 32.7 Å². The predicted molar refractivity (Wildman–Crippen MR) is 78.7 cm³/mol. The average Bonchev–Trinajstić information content (AvgIpc) is 2.43. The first-order chi connectivity index (χ1) is 8.86. The van der Waals surface area contributed by atoms with E-state index >= 15 is 0 Å². The van der Waals surface area contributed by atoms with Crippen LogP contribution in [0.4, 0.5) is 0 Å². The number of rotatable bonds is 10. The molecule has 1 radical (unpaired) electrons. The monoisotopic (exact) mass is 274 g/mol. The Kier molecular flexibility index (Phi) is 10.0. The van der Waals surface area contributed by atoms with Crippen molar-refractivity contribution in [3.05, 3.63) is 6.26 Å². The van der Waals surface area contributed by atoms with Crippen molar-refractivity contribution in [2.24, 2.45) is 5.92 Å². The van der Waals surface area contributed by atoms with Gasteiger partial charge in [0.2, 0.25) is 0 Å². The molecule has 0 aromatic rings. The van der Waals surface area contributed by atoms with Crippen molar-refractivity contribution in [1.29, 1.82) is 0 Å². The van der Waals surface area contributed by atoms with E-state index < -0.39 is 0 Å². The van der Waals surface area contributed by atoms with Gasteiger partial charge in [-0.25, -0.2) is 0 Å². The fourth-order valence-electron chi connectivity index (χ4n) is 2.35. The van der Waals surface area contributed by atoms with Gasteiger partial charge in [-0.2, -0.15) is 11.8 Å². The van der Waals surface area contributed by atoms with Crippen molar-refractivity contribution < 1.29 is 9.84 Å². The lowest BCUT2D eigenvalue weighted by Gasteiger charge is -2.26. The van der Waals surface area contributed by atoms with Crippen molar-refractivity contribution in [2.75, 3.05) is 45.2 Å². The zero-order valence-electron chi connectivity index (χ0n) is 11.5. The van der Waals surface area contributed by atoms with Crippen molar-refractivity contribution >= 4 is 11.8 Å². The maximum Gasteiger partial charge on any atom is 0.0594 e. The Bertz CT molecular complexity index is 187. The zero-order valence-corrected chi connectivity index (χ0v) is 12.3. The molecule has 0 spiro atoms. The molecule has 1 aliphatic rings. The molecule has 0 unspecified atom stereocenters. The summed E-state index contributed by atoms with van der Waals surface area (Å²) in [5.41, 5.74) is 0. The van der Waals surface area contributed by atoms with E-state index in [0.29, 0.717) is 12.5 Å². The van der Waals surface area contributed by atoms with Gasteiger partial charge in [-0.15, -0.1) is 0 Å².